The second kappa shape index (κ2) is 12.0. The minimum atomic E-state index is -0.296. The molecule has 0 spiro atoms. The largest absolute Gasteiger partial charge is 0.340 e. The van der Waals surface area contributed by atoms with Gasteiger partial charge in [-0.1, -0.05) is 0 Å². The number of hydrogen-bond acceptors (Lipinski definition) is 9. The van der Waals surface area contributed by atoms with Gasteiger partial charge in [0.25, 0.3) is 5.91 Å². The van der Waals surface area contributed by atoms with Crippen LogP contribution in [-0.4, -0.2) is 50.3 Å². The normalized spacial score (nSPS) is 17.3. The van der Waals surface area contributed by atoms with Crippen molar-refractivity contribution in [2.24, 2.45) is 0 Å². The van der Waals surface area contributed by atoms with Gasteiger partial charge in [-0.25, -0.2) is 9.37 Å². The first-order chi connectivity index (χ1) is 20.0. The van der Waals surface area contributed by atoms with Crippen molar-refractivity contribution in [3.63, 3.8) is 0 Å². The number of carbonyl (C=O) groups excluding carboxylic acids is 1. The Balaban J connectivity index is 0.994. The molecule has 41 heavy (non-hydrogen) atoms. The maximum Gasteiger partial charge on any atom is 0.253 e. The molecule has 3 aliphatic heterocycles. The molecule has 1 unspecified atom stereocenters. The van der Waals surface area contributed by atoms with Crippen LogP contribution in [0, 0.1) is 5.82 Å². The molecule has 1 fully saturated rings. The smallest absolute Gasteiger partial charge is 0.253 e. The lowest BCUT2D eigenvalue weighted by Gasteiger charge is -2.34. The van der Waals surface area contributed by atoms with Gasteiger partial charge in [0, 0.05) is 60.7 Å². The highest BCUT2D eigenvalue weighted by molar-refractivity contribution is 7.95. The van der Waals surface area contributed by atoms with E-state index in [1.54, 1.807) is 36.5 Å². The van der Waals surface area contributed by atoms with E-state index in [1.807, 2.05) is 35.4 Å². The number of allylic oxidation sites excluding steroid dienone is 1. The van der Waals surface area contributed by atoms with E-state index in [-0.39, 0.29) is 17.8 Å². The molecule has 4 heterocycles. The summed E-state index contributed by atoms with van der Waals surface area (Å²) in [5.41, 5.74) is 4.56. The number of benzene rings is 2. The van der Waals surface area contributed by atoms with Crippen LogP contribution in [0.3, 0.4) is 0 Å². The van der Waals surface area contributed by atoms with Crippen molar-refractivity contribution < 1.29 is 9.18 Å². The van der Waals surface area contributed by atoms with E-state index in [9.17, 15) is 9.18 Å². The third-order valence-electron chi connectivity index (χ3n) is 7.26. The highest BCUT2D eigenvalue weighted by atomic mass is 32.2. The highest BCUT2D eigenvalue weighted by Crippen LogP contribution is 2.29. The maximum absolute atomic E-state index is 13.2. The standard InChI is InChI=1S/C30H31FN8OS/c1-20(22-11-17-39-27(18-22)19-33-41-39)34-26-12-15-38(16-13-26)29(40)21-2-6-25(7-3-21)36-30-32-14-10-28(37-30)35-24-8-4-23(31)5-9-24/h2-11,14,17-20,26,33-34H,12-13,15-16H2,1H3,(H2,32,35,36,37). The van der Waals surface area contributed by atoms with Crippen LogP contribution in [0.2, 0.25) is 0 Å². The number of nitrogens with zero attached hydrogens (tertiary/aromatic N) is 4. The third kappa shape index (κ3) is 6.53. The number of hydrogen-bond donors (Lipinski definition) is 4. The van der Waals surface area contributed by atoms with Crippen LogP contribution in [0.5, 0.6) is 0 Å². The molecule has 3 aliphatic rings. The number of likely N-dealkylation sites (tertiary alicyclic amines) is 1. The van der Waals surface area contributed by atoms with Crippen LogP contribution in [-0.2, 0) is 0 Å². The predicted octanol–water partition coefficient (Wildman–Crippen LogP) is 5.45. The number of piperidine rings is 1. The summed E-state index contributed by atoms with van der Waals surface area (Å²) in [6.07, 6.45) is 11.9. The molecule has 1 aromatic heterocycles. The zero-order valence-corrected chi connectivity index (χ0v) is 23.4. The van der Waals surface area contributed by atoms with Gasteiger partial charge >= 0.3 is 0 Å². The topological polar surface area (TPSA) is 97.5 Å². The van der Waals surface area contributed by atoms with Crippen molar-refractivity contribution in [2.75, 3.05) is 23.7 Å². The number of fused-ring (bicyclic) bond motifs is 1. The molecule has 2 aromatic carbocycles. The number of rotatable bonds is 8. The van der Waals surface area contributed by atoms with E-state index in [2.05, 4.69) is 60.2 Å². The minimum Gasteiger partial charge on any atom is -0.340 e. The average molecular weight is 571 g/mol. The van der Waals surface area contributed by atoms with E-state index < -0.39 is 0 Å². The Hall–Kier alpha value is -4.35. The number of carbonyl (C=O) groups is 1. The van der Waals surface area contributed by atoms with Gasteiger partial charge in [0.15, 0.2) is 0 Å². The number of aromatic nitrogens is 2. The molecule has 0 radical (unpaired) electrons. The van der Waals surface area contributed by atoms with Crippen LogP contribution in [0.1, 0.15) is 30.1 Å². The lowest BCUT2D eigenvalue weighted by molar-refractivity contribution is 0.0703. The van der Waals surface area contributed by atoms with Crippen LogP contribution < -0.4 is 20.7 Å². The van der Waals surface area contributed by atoms with Crippen molar-refractivity contribution >= 4 is 41.2 Å². The molecular weight excluding hydrogens is 539 g/mol. The Morgan fingerprint density at radius 3 is 2.56 bits per heavy atom. The summed E-state index contributed by atoms with van der Waals surface area (Å²) < 4.78 is 18.4. The van der Waals surface area contributed by atoms with Crippen LogP contribution in [0.25, 0.3) is 0 Å². The molecule has 3 aromatic rings. The van der Waals surface area contributed by atoms with Gasteiger partial charge in [0.05, 0.1) is 17.8 Å². The Morgan fingerprint density at radius 1 is 1.05 bits per heavy atom. The Morgan fingerprint density at radius 2 is 1.78 bits per heavy atom. The summed E-state index contributed by atoms with van der Waals surface area (Å²) >= 11 is 1.56. The molecule has 0 aliphatic carbocycles. The first kappa shape index (κ1) is 26.9. The molecular formula is C30H31FN8OS. The summed E-state index contributed by atoms with van der Waals surface area (Å²) in [4.78, 5) is 23.9. The van der Waals surface area contributed by atoms with Crippen LogP contribution >= 0.6 is 12.1 Å². The Labute approximate surface area is 242 Å². The van der Waals surface area contributed by atoms with E-state index in [1.165, 1.54) is 17.7 Å². The quantitative estimate of drug-likeness (QED) is 0.264. The Bertz CT molecular complexity index is 1480. The lowest BCUT2D eigenvalue weighted by atomic mass is 9.99. The van der Waals surface area contributed by atoms with Gasteiger partial charge in [-0.2, -0.15) is 4.98 Å². The predicted molar refractivity (Wildman–Crippen MR) is 161 cm³/mol. The fourth-order valence-electron chi connectivity index (χ4n) is 5.00. The van der Waals surface area contributed by atoms with Crippen molar-refractivity contribution in [3.8, 4) is 0 Å². The Kier molecular flexibility index (Phi) is 7.88. The van der Waals surface area contributed by atoms with Gasteiger partial charge < -0.3 is 25.6 Å². The summed E-state index contributed by atoms with van der Waals surface area (Å²) in [6.45, 7) is 3.64. The van der Waals surface area contributed by atoms with Gasteiger partial charge in [-0.3, -0.25) is 9.10 Å². The molecule has 1 saturated heterocycles. The molecule has 210 valence electrons. The van der Waals surface area contributed by atoms with Crippen molar-refractivity contribution in [1.82, 2.24) is 29.2 Å². The first-order valence-electron chi connectivity index (χ1n) is 13.6. The number of anilines is 4. The first-order valence-corrected chi connectivity index (χ1v) is 14.4. The van der Waals surface area contributed by atoms with Gasteiger partial charge in [-0.05, 0) is 92.1 Å². The van der Waals surface area contributed by atoms with Crippen molar-refractivity contribution in [1.29, 1.82) is 0 Å². The molecule has 9 nitrogen and oxygen atoms in total. The molecule has 1 amide bonds. The second-order valence-corrected chi connectivity index (χ2v) is 10.9. The van der Waals surface area contributed by atoms with E-state index >= 15 is 0 Å². The SMILES string of the molecule is CC(NC1CCN(C(=O)c2ccc(Nc3nccc(Nc4ccc(F)cc4)n3)cc2)CC1)C1=CC2=CNSN2C=C1. The fraction of sp³-hybridized carbons (Fsp3) is 0.233. The molecule has 0 saturated carbocycles. The van der Waals surface area contributed by atoms with Crippen LogP contribution in [0.4, 0.5) is 27.5 Å². The summed E-state index contributed by atoms with van der Waals surface area (Å²) in [5.74, 6) is 0.735. The van der Waals surface area contributed by atoms with E-state index in [4.69, 9.17) is 0 Å². The maximum atomic E-state index is 13.2. The molecule has 1 atom stereocenters. The minimum absolute atomic E-state index is 0.0426. The van der Waals surface area contributed by atoms with Gasteiger partial charge in [0.2, 0.25) is 5.95 Å². The van der Waals surface area contributed by atoms with Crippen molar-refractivity contribution in [3.05, 3.63) is 108 Å². The van der Waals surface area contributed by atoms with E-state index in [0.29, 0.717) is 23.4 Å². The fourth-order valence-corrected chi connectivity index (χ4v) is 5.62. The van der Waals surface area contributed by atoms with Crippen LogP contribution in [0.15, 0.2) is 96.6 Å². The molecule has 4 N–H and O–H groups in total. The lowest BCUT2D eigenvalue weighted by Crippen LogP contribution is -2.47. The third-order valence-corrected chi connectivity index (χ3v) is 8.01. The summed E-state index contributed by atoms with van der Waals surface area (Å²) in [5, 5.41) is 10.1. The second-order valence-electron chi connectivity index (χ2n) is 10.1. The zero-order chi connectivity index (χ0) is 28.2. The number of nitrogens with one attached hydrogen (secondary N) is 4. The molecule has 11 heteroatoms. The van der Waals surface area contributed by atoms with E-state index in [0.717, 1.165) is 43.0 Å². The monoisotopic (exact) mass is 570 g/mol. The number of amides is 1. The number of halogens is 1. The zero-order valence-electron chi connectivity index (χ0n) is 22.5. The van der Waals surface area contributed by atoms with Crippen molar-refractivity contribution in [2.45, 2.75) is 31.8 Å². The van der Waals surface area contributed by atoms with Gasteiger partial charge in [-0.15, -0.1) is 0 Å². The summed E-state index contributed by atoms with van der Waals surface area (Å²) in [6, 6.07) is 15.8. The molecule has 0 bridgehead atoms. The average Bonchev–Trinajstić information content (AvgIpc) is 3.47. The molecule has 6 rings (SSSR count). The summed E-state index contributed by atoms with van der Waals surface area (Å²) in [7, 11) is 0. The highest BCUT2D eigenvalue weighted by Gasteiger charge is 2.26. The van der Waals surface area contributed by atoms with Gasteiger partial charge in [0.1, 0.15) is 11.6 Å².